The van der Waals surface area contributed by atoms with Crippen molar-refractivity contribution in [1.82, 2.24) is 4.90 Å². The summed E-state index contributed by atoms with van der Waals surface area (Å²) >= 11 is 0. The molecule has 4 rings (SSSR count). The van der Waals surface area contributed by atoms with E-state index < -0.39 is 6.04 Å². The molecule has 1 aliphatic rings. The van der Waals surface area contributed by atoms with Crippen LogP contribution in [-0.4, -0.2) is 36.7 Å². The maximum atomic E-state index is 13.6. The summed E-state index contributed by atoms with van der Waals surface area (Å²) in [7, 11) is 0. The van der Waals surface area contributed by atoms with Crippen molar-refractivity contribution in [2.75, 3.05) is 19.8 Å². The Hall–Kier alpha value is -3.12. The average Bonchev–Trinajstić information content (AvgIpc) is 3.04. The van der Waals surface area contributed by atoms with E-state index in [1.165, 1.54) is 0 Å². The summed E-state index contributed by atoms with van der Waals surface area (Å²) in [6.45, 7) is 9.34. The van der Waals surface area contributed by atoms with Crippen LogP contribution in [0, 0.1) is 6.92 Å². The normalized spacial score (nSPS) is 15.6. The van der Waals surface area contributed by atoms with Gasteiger partial charge in [-0.3, -0.25) is 9.59 Å². The largest absolute Gasteiger partial charge is 0.494 e. The predicted octanol–water partition coefficient (Wildman–Crippen LogP) is 4.86. The monoisotopic (exact) mass is 435 g/mol. The summed E-state index contributed by atoms with van der Waals surface area (Å²) in [6, 6.07) is 12.5. The lowest BCUT2D eigenvalue weighted by atomic mass is 9.98. The molecule has 6 heteroatoms. The molecular formula is C26H29NO5. The number of ether oxygens (including phenoxy) is 2. The van der Waals surface area contributed by atoms with E-state index in [4.69, 9.17) is 13.9 Å². The number of benzene rings is 2. The van der Waals surface area contributed by atoms with Crippen LogP contribution in [0.3, 0.4) is 0 Å². The molecule has 2 heterocycles. The highest BCUT2D eigenvalue weighted by molar-refractivity contribution is 5.99. The molecule has 0 radical (unpaired) electrons. The van der Waals surface area contributed by atoms with Crippen LogP contribution in [-0.2, 0) is 4.74 Å². The van der Waals surface area contributed by atoms with Crippen molar-refractivity contribution in [2.24, 2.45) is 0 Å². The molecule has 0 saturated heterocycles. The lowest BCUT2D eigenvalue weighted by Gasteiger charge is -2.25. The zero-order chi connectivity index (χ0) is 22.8. The Morgan fingerprint density at radius 2 is 1.94 bits per heavy atom. The van der Waals surface area contributed by atoms with Gasteiger partial charge >= 0.3 is 0 Å². The number of hydrogen-bond donors (Lipinski definition) is 0. The van der Waals surface area contributed by atoms with E-state index in [2.05, 4.69) is 0 Å². The highest BCUT2D eigenvalue weighted by atomic mass is 16.5. The molecule has 2 aromatic carbocycles. The zero-order valence-electron chi connectivity index (χ0n) is 19.0. The van der Waals surface area contributed by atoms with Gasteiger partial charge in [0.05, 0.1) is 29.7 Å². The second-order valence-corrected chi connectivity index (χ2v) is 8.35. The third kappa shape index (κ3) is 4.15. The minimum atomic E-state index is -0.530. The molecule has 168 valence electrons. The minimum Gasteiger partial charge on any atom is -0.494 e. The number of carbonyl (C=O) groups is 1. The van der Waals surface area contributed by atoms with Crippen molar-refractivity contribution < 1.29 is 18.7 Å². The van der Waals surface area contributed by atoms with Gasteiger partial charge in [-0.25, -0.2) is 0 Å². The number of hydrogen-bond acceptors (Lipinski definition) is 5. The van der Waals surface area contributed by atoms with Crippen LogP contribution in [0.25, 0.3) is 11.0 Å². The first-order valence-corrected chi connectivity index (χ1v) is 11.1. The van der Waals surface area contributed by atoms with Gasteiger partial charge in [0.25, 0.3) is 5.91 Å². The molecule has 1 amide bonds. The highest BCUT2D eigenvalue weighted by Gasteiger charge is 2.42. The molecule has 1 aromatic heterocycles. The molecule has 1 atom stereocenters. The first-order chi connectivity index (χ1) is 15.4. The van der Waals surface area contributed by atoms with Crippen LogP contribution in [0.2, 0.25) is 0 Å². The van der Waals surface area contributed by atoms with E-state index in [-0.39, 0.29) is 23.2 Å². The van der Waals surface area contributed by atoms with Crippen LogP contribution >= 0.6 is 0 Å². The van der Waals surface area contributed by atoms with Gasteiger partial charge in [-0.1, -0.05) is 23.8 Å². The molecule has 0 N–H and O–H groups in total. The predicted molar refractivity (Wildman–Crippen MR) is 123 cm³/mol. The average molecular weight is 436 g/mol. The van der Waals surface area contributed by atoms with Gasteiger partial charge in [0.15, 0.2) is 5.43 Å². The Morgan fingerprint density at radius 1 is 1.12 bits per heavy atom. The quantitative estimate of drug-likeness (QED) is 0.473. The van der Waals surface area contributed by atoms with E-state index in [9.17, 15) is 9.59 Å². The van der Waals surface area contributed by atoms with Crippen LogP contribution in [0.4, 0.5) is 0 Å². The van der Waals surface area contributed by atoms with Crippen molar-refractivity contribution in [3.63, 3.8) is 0 Å². The van der Waals surface area contributed by atoms with Crippen LogP contribution in [0.1, 0.15) is 60.5 Å². The van der Waals surface area contributed by atoms with Gasteiger partial charge in [-0.15, -0.1) is 0 Å². The summed E-state index contributed by atoms with van der Waals surface area (Å²) in [5, 5.41) is 0.493. The SMILES string of the molecule is CCOc1cccc(C2c3c(oc4ccc(C)cc4c3=O)C(=O)N2CCCOC(C)C)c1. The first kappa shape index (κ1) is 22.1. The summed E-state index contributed by atoms with van der Waals surface area (Å²) in [5.74, 6) is 0.564. The number of carbonyl (C=O) groups excluding carboxylic acids is 1. The van der Waals surface area contributed by atoms with Gasteiger partial charge < -0.3 is 18.8 Å². The zero-order valence-corrected chi connectivity index (χ0v) is 19.0. The molecule has 3 aromatic rings. The smallest absolute Gasteiger partial charge is 0.290 e. The Balaban J connectivity index is 1.82. The van der Waals surface area contributed by atoms with Gasteiger partial charge in [-0.2, -0.15) is 0 Å². The topological polar surface area (TPSA) is 69.0 Å². The summed E-state index contributed by atoms with van der Waals surface area (Å²) < 4.78 is 17.3. The molecule has 0 aliphatic carbocycles. The van der Waals surface area contributed by atoms with Gasteiger partial charge in [0, 0.05) is 13.2 Å². The van der Waals surface area contributed by atoms with Gasteiger partial charge in [0.1, 0.15) is 11.3 Å². The third-order valence-electron chi connectivity index (χ3n) is 5.60. The Kier molecular flexibility index (Phi) is 6.33. The maximum absolute atomic E-state index is 13.6. The van der Waals surface area contributed by atoms with Gasteiger partial charge in [0.2, 0.25) is 5.76 Å². The third-order valence-corrected chi connectivity index (χ3v) is 5.60. The molecule has 0 saturated carbocycles. The lowest BCUT2D eigenvalue weighted by molar-refractivity contribution is 0.0593. The number of aryl methyl sites for hydroxylation is 1. The highest BCUT2D eigenvalue weighted by Crippen LogP contribution is 2.39. The Labute approximate surface area is 187 Å². The Bertz CT molecular complexity index is 1200. The summed E-state index contributed by atoms with van der Waals surface area (Å²) in [5.41, 5.74) is 2.45. The molecule has 6 nitrogen and oxygen atoms in total. The van der Waals surface area contributed by atoms with E-state index in [0.29, 0.717) is 48.5 Å². The number of amides is 1. The molecule has 32 heavy (non-hydrogen) atoms. The minimum absolute atomic E-state index is 0.122. The fourth-order valence-corrected chi connectivity index (χ4v) is 4.21. The second-order valence-electron chi connectivity index (χ2n) is 8.35. The molecule has 0 fully saturated rings. The van der Waals surface area contributed by atoms with Crippen LogP contribution < -0.4 is 10.2 Å². The van der Waals surface area contributed by atoms with Crippen LogP contribution in [0.15, 0.2) is 51.7 Å². The van der Waals surface area contributed by atoms with E-state index in [0.717, 1.165) is 11.1 Å². The van der Waals surface area contributed by atoms with Crippen molar-refractivity contribution in [3.05, 3.63) is 75.1 Å². The fraction of sp³-hybridized carbons (Fsp3) is 0.385. The van der Waals surface area contributed by atoms with E-state index in [1.807, 2.05) is 64.1 Å². The van der Waals surface area contributed by atoms with Crippen molar-refractivity contribution >= 4 is 16.9 Å². The standard InChI is InChI=1S/C26H29NO5/c1-5-30-19-9-6-8-18(15-19)23-22-24(28)20-14-17(4)10-11-21(20)32-25(22)26(29)27(23)12-7-13-31-16(2)3/h6,8-11,14-16,23H,5,7,12-13H2,1-4H3. The second kappa shape index (κ2) is 9.17. The van der Waals surface area contributed by atoms with Gasteiger partial charge in [-0.05, 0) is 63.9 Å². The van der Waals surface area contributed by atoms with E-state index in [1.54, 1.807) is 11.0 Å². The van der Waals surface area contributed by atoms with Crippen molar-refractivity contribution in [1.29, 1.82) is 0 Å². The van der Waals surface area contributed by atoms with E-state index >= 15 is 0 Å². The maximum Gasteiger partial charge on any atom is 0.290 e. The number of rotatable bonds is 8. The van der Waals surface area contributed by atoms with Crippen molar-refractivity contribution in [3.8, 4) is 5.75 Å². The molecule has 0 spiro atoms. The summed E-state index contributed by atoms with van der Waals surface area (Å²) in [4.78, 5) is 28.7. The molecular weight excluding hydrogens is 406 g/mol. The van der Waals surface area contributed by atoms with Crippen LogP contribution in [0.5, 0.6) is 5.75 Å². The number of fused-ring (bicyclic) bond motifs is 2. The first-order valence-electron chi connectivity index (χ1n) is 11.1. The number of nitrogens with zero attached hydrogens (tertiary/aromatic N) is 1. The molecule has 1 aliphatic heterocycles. The Morgan fingerprint density at radius 3 is 2.69 bits per heavy atom. The van der Waals surface area contributed by atoms with Crippen molar-refractivity contribution in [2.45, 2.75) is 46.3 Å². The lowest BCUT2D eigenvalue weighted by Crippen LogP contribution is -2.31. The summed E-state index contributed by atoms with van der Waals surface area (Å²) in [6.07, 6.45) is 0.781. The molecule has 0 bridgehead atoms. The fourth-order valence-electron chi connectivity index (χ4n) is 4.21. The molecule has 1 unspecified atom stereocenters.